The van der Waals surface area contributed by atoms with Gasteiger partial charge in [0.05, 0.1) is 12.8 Å². The van der Waals surface area contributed by atoms with Crippen molar-refractivity contribution in [1.82, 2.24) is 9.88 Å². The molecule has 2 heterocycles. The van der Waals surface area contributed by atoms with Crippen molar-refractivity contribution in [3.8, 4) is 16.3 Å². The van der Waals surface area contributed by atoms with E-state index in [-0.39, 0.29) is 5.91 Å². The molecule has 0 atom stereocenters. The maximum atomic E-state index is 13.1. The van der Waals surface area contributed by atoms with Crippen LogP contribution in [0.4, 0.5) is 5.69 Å². The summed E-state index contributed by atoms with van der Waals surface area (Å²) in [6.07, 6.45) is 0. The maximum Gasteiger partial charge on any atom is 0.273 e. The van der Waals surface area contributed by atoms with Crippen LogP contribution in [0, 0.1) is 6.92 Å². The molecule has 1 aliphatic rings. The summed E-state index contributed by atoms with van der Waals surface area (Å²) in [5, 5.41) is 0.897. The fourth-order valence-electron chi connectivity index (χ4n) is 3.49. The van der Waals surface area contributed by atoms with Crippen LogP contribution in [0.1, 0.15) is 15.4 Å². The molecule has 0 aliphatic carbocycles. The van der Waals surface area contributed by atoms with Gasteiger partial charge in [-0.25, -0.2) is 4.98 Å². The molecule has 0 spiro atoms. The van der Waals surface area contributed by atoms with Gasteiger partial charge in [0.1, 0.15) is 16.5 Å². The molecule has 6 heteroatoms. The Bertz CT molecular complexity index is 963. The number of methoxy groups -OCH3 is 1. The number of hydrogen-bond acceptors (Lipinski definition) is 5. The Morgan fingerprint density at radius 3 is 2.39 bits per heavy atom. The Hall–Kier alpha value is -2.86. The molecule has 0 bridgehead atoms. The van der Waals surface area contributed by atoms with Crippen molar-refractivity contribution in [3.05, 3.63) is 65.2 Å². The smallest absolute Gasteiger partial charge is 0.273 e. The SMILES string of the molecule is COc1ccccc1N1CCN(C(=O)c2nc(-c3ccccc3)sc2C)CC1. The summed E-state index contributed by atoms with van der Waals surface area (Å²) in [7, 11) is 1.69. The monoisotopic (exact) mass is 393 g/mol. The molecule has 144 valence electrons. The Morgan fingerprint density at radius 1 is 1.00 bits per heavy atom. The number of para-hydroxylation sites is 2. The molecular formula is C22H23N3O2S. The van der Waals surface area contributed by atoms with Crippen molar-refractivity contribution in [2.75, 3.05) is 38.2 Å². The maximum absolute atomic E-state index is 13.1. The van der Waals surface area contributed by atoms with E-state index in [1.165, 1.54) is 0 Å². The minimum atomic E-state index is 0.0237. The lowest BCUT2D eigenvalue weighted by Gasteiger charge is -2.36. The molecule has 1 saturated heterocycles. The van der Waals surface area contributed by atoms with Crippen molar-refractivity contribution in [2.24, 2.45) is 0 Å². The fraction of sp³-hybridized carbons (Fsp3) is 0.273. The molecule has 1 fully saturated rings. The third-order valence-electron chi connectivity index (χ3n) is 5.01. The van der Waals surface area contributed by atoms with Gasteiger partial charge in [0.15, 0.2) is 0 Å². The highest BCUT2D eigenvalue weighted by Crippen LogP contribution is 2.30. The molecule has 1 aliphatic heterocycles. The van der Waals surface area contributed by atoms with Crippen LogP contribution in [0.3, 0.4) is 0 Å². The Kier molecular flexibility index (Phi) is 5.30. The molecule has 2 aromatic carbocycles. The van der Waals surface area contributed by atoms with Gasteiger partial charge < -0.3 is 14.5 Å². The molecule has 1 amide bonds. The molecule has 0 saturated carbocycles. The van der Waals surface area contributed by atoms with Crippen molar-refractivity contribution < 1.29 is 9.53 Å². The average molecular weight is 394 g/mol. The first kappa shape index (κ1) is 18.5. The largest absolute Gasteiger partial charge is 0.495 e. The van der Waals surface area contributed by atoms with Crippen molar-refractivity contribution in [1.29, 1.82) is 0 Å². The summed E-state index contributed by atoms with van der Waals surface area (Å²) < 4.78 is 5.47. The third-order valence-corrected chi connectivity index (χ3v) is 6.03. The lowest BCUT2D eigenvalue weighted by molar-refractivity contribution is 0.0741. The quantitative estimate of drug-likeness (QED) is 0.670. The lowest BCUT2D eigenvalue weighted by Crippen LogP contribution is -2.49. The van der Waals surface area contributed by atoms with Gasteiger partial charge in [-0.15, -0.1) is 11.3 Å². The van der Waals surface area contributed by atoms with E-state index in [9.17, 15) is 4.79 Å². The molecule has 5 nitrogen and oxygen atoms in total. The number of anilines is 1. The summed E-state index contributed by atoms with van der Waals surface area (Å²) in [5.74, 6) is 0.890. The first-order chi connectivity index (χ1) is 13.7. The molecule has 28 heavy (non-hydrogen) atoms. The van der Waals surface area contributed by atoms with E-state index in [0.717, 1.165) is 40.0 Å². The van der Waals surface area contributed by atoms with Gasteiger partial charge in [0.2, 0.25) is 0 Å². The topological polar surface area (TPSA) is 45.7 Å². The molecule has 0 radical (unpaired) electrons. The van der Waals surface area contributed by atoms with Gasteiger partial charge >= 0.3 is 0 Å². The van der Waals surface area contributed by atoms with Gasteiger partial charge in [0.25, 0.3) is 5.91 Å². The van der Waals surface area contributed by atoms with E-state index in [1.54, 1.807) is 18.4 Å². The first-order valence-electron chi connectivity index (χ1n) is 9.37. The van der Waals surface area contributed by atoms with Crippen LogP contribution in [0.2, 0.25) is 0 Å². The van der Waals surface area contributed by atoms with Crippen LogP contribution in [0.15, 0.2) is 54.6 Å². The normalized spacial score (nSPS) is 14.2. The van der Waals surface area contributed by atoms with E-state index in [4.69, 9.17) is 4.74 Å². The number of carbonyl (C=O) groups excluding carboxylic acids is 1. The van der Waals surface area contributed by atoms with Crippen LogP contribution in [0.5, 0.6) is 5.75 Å². The Balaban J connectivity index is 1.47. The van der Waals surface area contributed by atoms with Crippen LogP contribution < -0.4 is 9.64 Å². The van der Waals surface area contributed by atoms with Crippen molar-refractivity contribution >= 4 is 22.9 Å². The third kappa shape index (κ3) is 3.60. The second-order valence-corrected chi connectivity index (χ2v) is 7.94. The molecule has 0 N–H and O–H groups in total. The fourth-order valence-corrected chi connectivity index (χ4v) is 4.40. The van der Waals surface area contributed by atoms with Crippen molar-refractivity contribution in [2.45, 2.75) is 6.92 Å². The summed E-state index contributed by atoms with van der Waals surface area (Å²) >= 11 is 1.58. The van der Waals surface area contributed by atoms with Gasteiger partial charge in [-0.05, 0) is 19.1 Å². The zero-order valence-corrected chi connectivity index (χ0v) is 16.9. The number of piperazine rings is 1. The van der Waals surface area contributed by atoms with Crippen LogP contribution in [-0.2, 0) is 0 Å². The molecule has 1 aromatic heterocycles. The van der Waals surface area contributed by atoms with E-state index < -0.39 is 0 Å². The minimum Gasteiger partial charge on any atom is -0.495 e. The van der Waals surface area contributed by atoms with Gasteiger partial charge in [-0.1, -0.05) is 42.5 Å². The number of thiazole rings is 1. The number of carbonyl (C=O) groups is 1. The van der Waals surface area contributed by atoms with Crippen molar-refractivity contribution in [3.63, 3.8) is 0 Å². The first-order valence-corrected chi connectivity index (χ1v) is 10.2. The minimum absolute atomic E-state index is 0.0237. The second kappa shape index (κ2) is 8.02. The van der Waals surface area contributed by atoms with Gasteiger partial charge in [-0.3, -0.25) is 4.79 Å². The van der Waals surface area contributed by atoms with Crippen LogP contribution in [-0.4, -0.2) is 49.1 Å². The predicted molar refractivity (Wildman–Crippen MR) is 113 cm³/mol. The van der Waals surface area contributed by atoms with Gasteiger partial charge in [-0.2, -0.15) is 0 Å². The Labute approximate surface area is 169 Å². The highest BCUT2D eigenvalue weighted by molar-refractivity contribution is 7.15. The molecule has 4 rings (SSSR count). The number of benzene rings is 2. The standard InChI is InChI=1S/C22H23N3O2S/c1-16-20(23-21(28-16)17-8-4-3-5-9-17)22(26)25-14-12-24(13-15-25)18-10-6-7-11-19(18)27-2/h3-11H,12-15H2,1-2H3. The van der Waals surface area contributed by atoms with E-state index >= 15 is 0 Å². The number of rotatable bonds is 4. The predicted octanol–water partition coefficient (Wildman–Crippen LogP) is 4.09. The van der Waals surface area contributed by atoms with Gasteiger partial charge in [0, 0.05) is 36.6 Å². The summed E-state index contributed by atoms with van der Waals surface area (Å²) in [4.78, 5) is 22.9. The molecule has 0 unspecified atom stereocenters. The summed E-state index contributed by atoms with van der Waals surface area (Å²) in [6, 6.07) is 18.0. The lowest BCUT2D eigenvalue weighted by atomic mass is 10.2. The number of amides is 1. The number of ether oxygens (including phenoxy) is 1. The molecule has 3 aromatic rings. The van der Waals surface area contributed by atoms with E-state index in [2.05, 4.69) is 16.0 Å². The summed E-state index contributed by atoms with van der Waals surface area (Å²) in [6.45, 7) is 4.88. The second-order valence-electron chi connectivity index (χ2n) is 6.74. The highest BCUT2D eigenvalue weighted by Gasteiger charge is 2.26. The Morgan fingerprint density at radius 2 is 1.68 bits per heavy atom. The zero-order valence-electron chi connectivity index (χ0n) is 16.1. The number of aromatic nitrogens is 1. The molecular weight excluding hydrogens is 370 g/mol. The number of aryl methyl sites for hydroxylation is 1. The zero-order chi connectivity index (χ0) is 19.5. The van der Waals surface area contributed by atoms with E-state index in [1.807, 2.05) is 60.4 Å². The number of nitrogens with zero attached hydrogens (tertiary/aromatic N) is 3. The number of hydrogen-bond donors (Lipinski definition) is 0. The van der Waals surface area contributed by atoms with E-state index in [0.29, 0.717) is 18.8 Å². The van der Waals surface area contributed by atoms with Crippen LogP contribution in [0.25, 0.3) is 10.6 Å². The average Bonchev–Trinajstić information content (AvgIpc) is 3.15. The highest BCUT2D eigenvalue weighted by atomic mass is 32.1. The van der Waals surface area contributed by atoms with Crippen LogP contribution >= 0.6 is 11.3 Å². The summed E-state index contributed by atoms with van der Waals surface area (Å²) in [5.41, 5.74) is 2.71.